The summed E-state index contributed by atoms with van der Waals surface area (Å²) in [7, 11) is 0.446. The Morgan fingerprint density at radius 1 is 0.957 bits per heavy atom. The molecule has 0 spiro atoms. The molecule has 0 aromatic heterocycles. The molecule has 1 atom stereocenters. The van der Waals surface area contributed by atoms with E-state index in [4.69, 9.17) is 0 Å². The number of carbonyl (C=O) groups is 2. The molecule has 0 radical (unpaired) electrons. The number of nitrogens with one attached hydrogen (secondary N) is 3. The summed E-state index contributed by atoms with van der Waals surface area (Å²) in [6, 6.07) is 13.1. The van der Waals surface area contributed by atoms with Gasteiger partial charge in [0.1, 0.15) is 0 Å². The summed E-state index contributed by atoms with van der Waals surface area (Å²) in [6.07, 6.45) is 1.58. The molecule has 3 N–H and O–H groups in total. The van der Waals surface area contributed by atoms with Crippen LogP contribution in [-0.2, 0) is 10.8 Å². The Morgan fingerprint density at radius 2 is 1.57 bits per heavy atom. The quantitative estimate of drug-likeness (QED) is 0.804. The molecule has 1 unspecified atom stereocenters. The third-order valence-electron chi connectivity index (χ3n) is 3.05. The van der Waals surface area contributed by atoms with Crippen molar-refractivity contribution in [2.24, 2.45) is 0 Å². The molecule has 3 amide bonds. The zero-order valence-corrected chi connectivity index (χ0v) is 13.6. The van der Waals surface area contributed by atoms with Crippen molar-refractivity contribution < 1.29 is 13.8 Å². The first-order chi connectivity index (χ1) is 11.0. The van der Waals surface area contributed by atoms with Gasteiger partial charge in [0.25, 0.3) is 5.91 Å². The average molecular weight is 331 g/mol. The van der Waals surface area contributed by atoms with Gasteiger partial charge >= 0.3 is 6.03 Å². The normalized spacial score (nSPS) is 11.4. The summed E-state index contributed by atoms with van der Waals surface area (Å²) >= 11 is 0. The van der Waals surface area contributed by atoms with E-state index in [0.717, 1.165) is 0 Å². The van der Waals surface area contributed by atoms with Gasteiger partial charge in [-0.3, -0.25) is 9.00 Å². The van der Waals surface area contributed by atoms with Crippen molar-refractivity contribution in [3.63, 3.8) is 0 Å². The lowest BCUT2D eigenvalue weighted by atomic mass is 10.2. The lowest BCUT2D eigenvalue weighted by Crippen LogP contribution is -2.24. The summed E-state index contributed by atoms with van der Waals surface area (Å²) in [5.74, 6) is -0.282. The van der Waals surface area contributed by atoms with Gasteiger partial charge in [-0.1, -0.05) is 6.07 Å². The van der Waals surface area contributed by atoms with Gasteiger partial charge in [-0.25, -0.2) is 4.79 Å². The first kappa shape index (κ1) is 16.7. The third-order valence-corrected chi connectivity index (χ3v) is 3.99. The number of rotatable bonds is 4. The van der Waals surface area contributed by atoms with Crippen LogP contribution in [0.3, 0.4) is 0 Å². The molecule has 0 aliphatic rings. The van der Waals surface area contributed by atoms with Crippen LogP contribution in [0.1, 0.15) is 10.4 Å². The minimum atomic E-state index is -1.08. The maximum Gasteiger partial charge on any atom is 0.318 e. The number of anilines is 2. The molecule has 0 fully saturated rings. The van der Waals surface area contributed by atoms with E-state index in [1.165, 1.54) is 7.05 Å². The summed E-state index contributed by atoms with van der Waals surface area (Å²) < 4.78 is 11.3. The summed E-state index contributed by atoms with van der Waals surface area (Å²) in [4.78, 5) is 24.2. The van der Waals surface area contributed by atoms with Gasteiger partial charge in [-0.15, -0.1) is 0 Å². The molecule has 2 rings (SSSR count). The topological polar surface area (TPSA) is 87.3 Å². The number of hydrogen-bond acceptors (Lipinski definition) is 3. The fourth-order valence-corrected chi connectivity index (χ4v) is 2.39. The fraction of sp³-hybridized carbons (Fsp3) is 0.125. The maximum absolute atomic E-state index is 12.2. The van der Waals surface area contributed by atoms with Gasteiger partial charge in [-0.2, -0.15) is 0 Å². The number of carbonyl (C=O) groups excluding carboxylic acids is 2. The van der Waals surface area contributed by atoms with Crippen LogP contribution in [0.25, 0.3) is 0 Å². The molecule has 120 valence electrons. The first-order valence-electron chi connectivity index (χ1n) is 6.83. The van der Waals surface area contributed by atoms with Gasteiger partial charge < -0.3 is 16.0 Å². The molecule has 0 saturated heterocycles. The Balaban J connectivity index is 2.09. The molecule has 2 aromatic carbocycles. The molecular formula is C16H17N3O3S. The van der Waals surface area contributed by atoms with Crippen molar-refractivity contribution in [3.05, 3.63) is 54.1 Å². The van der Waals surface area contributed by atoms with Gasteiger partial charge in [0.05, 0.1) is 0 Å². The van der Waals surface area contributed by atoms with Gasteiger partial charge in [-0.05, 0) is 42.5 Å². The van der Waals surface area contributed by atoms with Crippen molar-refractivity contribution in [1.29, 1.82) is 0 Å². The van der Waals surface area contributed by atoms with Gasteiger partial charge in [0, 0.05) is 45.9 Å². The number of benzene rings is 2. The highest BCUT2D eigenvalue weighted by Crippen LogP contribution is 2.16. The van der Waals surface area contributed by atoms with Crippen LogP contribution in [0.4, 0.5) is 16.2 Å². The molecule has 23 heavy (non-hydrogen) atoms. The van der Waals surface area contributed by atoms with E-state index < -0.39 is 10.8 Å². The maximum atomic E-state index is 12.2. The van der Waals surface area contributed by atoms with E-state index >= 15 is 0 Å². The van der Waals surface area contributed by atoms with E-state index in [1.54, 1.807) is 54.8 Å². The highest BCUT2D eigenvalue weighted by molar-refractivity contribution is 7.84. The van der Waals surface area contributed by atoms with Crippen LogP contribution < -0.4 is 16.0 Å². The molecule has 7 heteroatoms. The van der Waals surface area contributed by atoms with E-state index in [1.807, 2.05) is 0 Å². The molecule has 0 aliphatic carbocycles. The minimum absolute atomic E-state index is 0.282. The van der Waals surface area contributed by atoms with E-state index in [9.17, 15) is 13.8 Å². The Bertz CT molecular complexity index is 744. The van der Waals surface area contributed by atoms with Crippen molar-refractivity contribution in [2.45, 2.75) is 4.90 Å². The molecule has 0 saturated carbocycles. The monoisotopic (exact) mass is 331 g/mol. The SMILES string of the molecule is CNC(=O)Nc1cccc(NC(=O)c2ccc(S(C)=O)cc2)c1. The van der Waals surface area contributed by atoms with Crippen LogP contribution in [0, 0.1) is 0 Å². The average Bonchev–Trinajstić information content (AvgIpc) is 2.55. The Hall–Kier alpha value is -2.67. The fourth-order valence-electron chi connectivity index (χ4n) is 1.87. The molecule has 0 heterocycles. The minimum Gasteiger partial charge on any atom is -0.341 e. The van der Waals surface area contributed by atoms with Crippen LogP contribution in [0.5, 0.6) is 0 Å². The van der Waals surface area contributed by atoms with Crippen LogP contribution >= 0.6 is 0 Å². The zero-order chi connectivity index (χ0) is 16.8. The highest BCUT2D eigenvalue weighted by Gasteiger charge is 2.08. The predicted octanol–water partition coefficient (Wildman–Crippen LogP) is 2.43. The first-order valence-corrected chi connectivity index (χ1v) is 8.39. The molecule has 6 nitrogen and oxygen atoms in total. The second kappa shape index (κ2) is 7.55. The second-order valence-corrected chi connectivity index (χ2v) is 6.10. The van der Waals surface area contributed by atoms with Crippen LogP contribution in [0.2, 0.25) is 0 Å². The van der Waals surface area contributed by atoms with Crippen molar-refractivity contribution in [1.82, 2.24) is 5.32 Å². The van der Waals surface area contributed by atoms with Crippen LogP contribution in [0.15, 0.2) is 53.4 Å². The Labute approximate surface area is 136 Å². The summed E-state index contributed by atoms with van der Waals surface area (Å²) in [5, 5.41) is 7.83. The molecule has 0 aliphatic heterocycles. The molecule has 0 bridgehead atoms. The zero-order valence-electron chi connectivity index (χ0n) is 12.8. The number of hydrogen-bond donors (Lipinski definition) is 3. The van der Waals surface area contributed by atoms with Crippen molar-refractivity contribution in [3.8, 4) is 0 Å². The lowest BCUT2D eigenvalue weighted by molar-refractivity contribution is 0.102. The molecular weight excluding hydrogens is 314 g/mol. The summed E-state index contributed by atoms with van der Waals surface area (Å²) in [6.45, 7) is 0. The largest absolute Gasteiger partial charge is 0.341 e. The van der Waals surface area contributed by atoms with E-state index in [0.29, 0.717) is 21.8 Å². The lowest BCUT2D eigenvalue weighted by Gasteiger charge is -2.09. The van der Waals surface area contributed by atoms with Gasteiger partial charge in [0.15, 0.2) is 0 Å². The number of amides is 3. The second-order valence-electron chi connectivity index (χ2n) is 4.72. The Morgan fingerprint density at radius 3 is 2.13 bits per heavy atom. The highest BCUT2D eigenvalue weighted by atomic mass is 32.2. The smallest absolute Gasteiger partial charge is 0.318 e. The Kier molecular flexibility index (Phi) is 5.48. The van der Waals surface area contributed by atoms with Crippen molar-refractivity contribution in [2.75, 3.05) is 23.9 Å². The predicted molar refractivity (Wildman–Crippen MR) is 91.2 cm³/mol. The van der Waals surface area contributed by atoms with Gasteiger partial charge in [0.2, 0.25) is 0 Å². The van der Waals surface area contributed by atoms with Crippen molar-refractivity contribution >= 4 is 34.1 Å². The standard InChI is InChI=1S/C16H17N3O3S/c1-17-16(21)19-13-5-3-4-12(10-13)18-15(20)11-6-8-14(9-7-11)23(2)22/h3-10H,1-2H3,(H,18,20)(H2,17,19,21). The third kappa shape index (κ3) is 4.65. The van der Waals surface area contributed by atoms with E-state index in [-0.39, 0.29) is 11.9 Å². The van der Waals surface area contributed by atoms with Crippen LogP contribution in [-0.4, -0.2) is 29.5 Å². The summed E-state index contributed by atoms with van der Waals surface area (Å²) in [5.41, 5.74) is 1.59. The van der Waals surface area contributed by atoms with E-state index in [2.05, 4.69) is 16.0 Å². The molecule has 2 aromatic rings. The number of urea groups is 1.